The van der Waals surface area contributed by atoms with Crippen LogP contribution in [0.4, 0.5) is 18.9 Å². The zero-order valence-corrected chi connectivity index (χ0v) is 21.1. The molecule has 0 aliphatic heterocycles. The molecule has 4 aromatic rings. The average molecular weight is 531 g/mol. The Morgan fingerprint density at radius 3 is 2.44 bits per heavy atom. The van der Waals surface area contributed by atoms with Crippen LogP contribution in [0.1, 0.15) is 37.2 Å². The van der Waals surface area contributed by atoms with Gasteiger partial charge in [-0.3, -0.25) is 0 Å². The first-order chi connectivity index (χ1) is 17.3. The number of anilines is 1. The molecule has 9 heteroatoms. The number of fused-ring (bicyclic) bond motifs is 1. The lowest BCUT2D eigenvalue weighted by atomic mass is 9.78. The van der Waals surface area contributed by atoms with E-state index in [0.29, 0.717) is 18.6 Å². The van der Waals surface area contributed by atoms with Crippen molar-refractivity contribution in [1.29, 1.82) is 0 Å². The van der Waals surface area contributed by atoms with E-state index in [9.17, 15) is 18.3 Å². The summed E-state index contributed by atoms with van der Waals surface area (Å²) in [6, 6.07) is 17.1. The summed E-state index contributed by atoms with van der Waals surface area (Å²) < 4.78 is 47.8. The summed E-state index contributed by atoms with van der Waals surface area (Å²) in [6.07, 6.45) is -2.51. The van der Waals surface area contributed by atoms with E-state index < -0.39 is 12.1 Å². The van der Waals surface area contributed by atoms with Crippen molar-refractivity contribution in [2.45, 2.75) is 42.8 Å². The van der Waals surface area contributed by atoms with E-state index in [4.69, 9.17) is 9.72 Å². The van der Waals surface area contributed by atoms with Gasteiger partial charge in [0.05, 0.1) is 18.7 Å². The fourth-order valence-corrected chi connectivity index (χ4v) is 6.41. The van der Waals surface area contributed by atoms with Gasteiger partial charge in [-0.25, -0.2) is 4.98 Å². The summed E-state index contributed by atoms with van der Waals surface area (Å²) in [5, 5.41) is 15.3. The molecule has 36 heavy (non-hydrogen) atoms. The average Bonchev–Trinajstić information content (AvgIpc) is 3.36. The smallest absolute Gasteiger partial charge is 0.391 e. The van der Waals surface area contributed by atoms with Gasteiger partial charge in [0.2, 0.25) is 0 Å². The number of phenolic OH excluding ortho intramolecular Hbond substituents is 1. The molecule has 0 radical (unpaired) electrons. The SMILES string of the molecule is COc1c(NSc2csc(-c3ccc(C4CCC(C(F)(F)F)CC4)cc3)n2)ccc2c(O)cccc12. The quantitative estimate of drug-likeness (QED) is 0.244. The van der Waals surface area contributed by atoms with Crippen molar-refractivity contribution >= 4 is 39.7 Å². The first kappa shape index (κ1) is 24.8. The van der Waals surface area contributed by atoms with Crippen molar-refractivity contribution in [3.63, 3.8) is 0 Å². The number of nitrogens with zero attached hydrogens (tertiary/aromatic N) is 1. The Bertz CT molecular complexity index is 1350. The van der Waals surface area contributed by atoms with Gasteiger partial charge in [0.25, 0.3) is 0 Å². The first-order valence-corrected chi connectivity index (χ1v) is 13.4. The van der Waals surface area contributed by atoms with Gasteiger partial charge in [0.15, 0.2) is 5.75 Å². The topological polar surface area (TPSA) is 54.4 Å². The van der Waals surface area contributed by atoms with Crippen molar-refractivity contribution in [3.8, 4) is 22.1 Å². The fourth-order valence-electron chi connectivity index (χ4n) is 4.81. The molecule has 1 saturated carbocycles. The summed E-state index contributed by atoms with van der Waals surface area (Å²) >= 11 is 2.91. The molecule has 1 fully saturated rings. The molecule has 1 aliphatic rings. The maximum Gasteiger partial charge on any atom is 0.391 e. The number of thiazole rings is 1. The van der Waals surface area contributed by atoms with E-state index in [1.165, 1.54) is 23.3 Å². The summed E-state index contributed by atoms with van der Waals surface area (Å²) in [5.74, 6) is -0.127. The molecule has 0 atom stereocenters. The van der Waals surface area contributed by atoms with Crippen LogP contribution in [-0.2, 0) is 0 Å². The van der Waals surface area contributed by atoms with Crippen LogP contribution in [-0.4, -0.2) is 23.4 Å². The van der Waals surface area contributed by atoms with Crippen molar-refractivity contribution in [2.24, 2.45) is 5.92 Å². The zero-order chi connectivity index (χ0) is 25.3. The predicted molar refractivity (Wildman–Crippen MR) is 140 cm³/mol. The predicted octanol–water partition coefficient (Wildman–Crippen LogP) is 8.63. The lowest BCUT2D eigenvalue weighted by Crippen LogP contribution is -2.27. The second-order valence-corrected chi connectivity index (χ2v) is 10.6. The molecule has 5 rings (SSSR count). The van der Waals surface area contributed by atoms with Crippen molar-refractivity contribution in [3.05, 3.63) is 65.5 Å². The fraction of sp³-hybridized carbons (Fsp3) is 0.296. The van der Waals surface area contributed by atoms with Gasteiger partial charge in [0, 0.05) is 33.7 Å². The van der Waals surface area contributed by atoms with Crippen LogP contribution >= 0.6 is 23.3 Å². The molecule has 3 aromatic carbocycles. The molecule has 2 N–H and O–H groups in total. The number of benzene rings is 3. The van der Waals surface area contributed by atoms with E-state index in [0.717, 1.165) is 37.6 Å². The van der Waals surface area contributed by atoms with Gasteiger partial charge in [-0.1, -0.05) is 36.4 Å². The number of nitrogens with one attached hydrogen (secondary N) is 1. The Morgan fingerprint density at radius 1 is 1.00 bits per heavy atom. The number of ether oxygens (including phenoxy) is 1. The van der Waals surface area contributed by atoms with Crippen molar-refractivity contribution in [1.82, 2.24) is 4.98 Å². The Hall–Kier alpha value is -2.91. The number of aromatic hydroxyl groups is 1. The van der Waals surface area contributed by atoms with Crippen LogP contribution in [0.3, 0.4) is 0 Å². The molecule has 0 spiro atoms. The minimum Gasteiger partial charge on any atom is -0.507 e. The molecule has 4 nitrogen and oxygen atoms in total. The maximum atomic E-state index is 13.0. The van der Waals surface area contributed by atoms with Crippen LogP contribution < -0.4 is 9.46 Å². The number of aromatic nitrogens is 1. The highest BCUT2D eigenvalue weighted by Crippen LogP contribution is 2.43. The van der Waals surface area contributed by atoms with Crippen LogP contribution in [0, 0.1) is 5.92 Å². The Labute approximate surface area is 215 Å². The maximum absolute atomic E-state index is 13.0. The van der Waals surface area contributed by atoms with Crippen LogP contribution in [0.15, 0.2) is 65.0 Å². The number of alkyl halides is 3. The van der Waals surface area contributed by atoms with Gasteiger partial charge < -0.3 is 14.6 Å². The van der Waals surface area contributed by atoms with E-state index in [-0.39, 0.29) is 24.5 Å². The van der Waals surface area contributed by atoms with Gasteiger partial charge >= 0.3 is 6.18 Å². The minimum atomic E-state index is -4.08. The molecule has 0 saturated heterocycles. The minimum absolute atomic E-state index is 0.183. The lowest BCUT2D eigenvalue weighted by Gasteiger charge is -2.30. The van der Waals surface area contributed by atoms with Gasteiger partial charge in [-0.05, 0) is 55.4 Å². The number of halogens is 3. The molecule has 0 amide bonds. The normalized spacial score (nSPS) is 18.3. The second-order valence-electron chi connectivity index (χ2n) is 8.93. The number of methoxy groups -OCH3 is 1. The highest BCUT2D eigenvalue weighted by atomic mass is 32.2. The highest BCUT2D eigenvalue weighted by Gasteiger charge is 2.41. The van der Waals surface area contributed by atoms with E-state index >= 15 is 0 Å². The third-order valence-corrected chi connectivity index (χ3v) is 8.54. The van der Waals surface area contributed by atoms with Gasteiger partial charge in [-0.2, -0.15) is 13.2 Å². The molecule has 1 aliphatic carbocycles. The Morgan fingerprint density at radius 2 is 1.75 bits per heavy atom. The van der Waals surface area contributed by atoms with Crippen molar-refractivity contribution < 1.29 is 23.0 Å². The van der Waals surface area contributed by atoms with E-state index in [1.54, 1.807) is 19.2 Å². The summed E-state index contributed by atoms with van der Waals surface area (Å²) in [4.78, 5) is 4.72. The summed E-state index contributed by atoms with van der Waals surface area (Å²) in [5.41, 5.74) is 2.86. The zero-order valence-electron chi connectivity index (χ0n) is 19.5. The molecule has 1 aromatic heterocycles. The summed E-state index contributed by atoms with van der Waals surface area (Å²) in [7, 11) is 1.60. The highest BCUT2D eigenvalue weighted by molar-refractivity contribution is 8.00. The third-order valence-electron chi connectivity index (χ3n) is 6.76. The van der Waals surface area contributed by atoms with Gasteiger partial charge in [0.1, 0.15) is 15.8 Å². The number of hydrogen-bond acceptors (Lipinski definition) is 6. The molecular formula is C27H25F3N2O2S2. The number of rotatable bonds is 6. The van der Waals surface area contributed by atoms with E-state index in [1.807, 2.05) is 47.8 Å². The molecular weight excluding hydrogens is 505 g/mol. The van der Waals surface area contributed by atoms with Crippen LogP contribution in [0.2, 0.25) is 0 Å². The number of phenols is 1. The van der Waals surface area contributed by atoms with Gasteiger partial charge in [-0.15, -0.1) is 11.3 Å². The van der Waals surface area contributed by atoms with Crippen LogP contribution in [0.5, 0.6) is 11.5 Å². The molecule has 1 heterocycles. The third kappa shape index (κ3) is 5.13. The monoisotopic (exact) mass is 530 g/mol. The second kappa shape index (κ2) is 10.2. The largest absolute Gasteiger partial charge is 0.507 e. The standard InChI is InChI=1S/C27H25F3N2O2S2/c1-34-25-21-3-2-4-23(33)20(21)13-14-22(25)32-36-24-15-35-26(31-24)18-7-5-16(6-8-18)17-9-11-19(12-10-17)27(28,29)30/h2-8,13-15,17,19,32-33H,9-12H2,1H3. The van der Waals surface area contributed by atoms with Crippen LogP contribution in [0.25, 0.3) is 21.3 Å². The lowest BCUT2D eigenvalue weighted by molar-refractivity contribution is -0.182. The van der Waals surface area contributed by atoms with Crippen molar-refractivity contribution in [2.75, 3.05) is 11.8 Å². The Kier molecular flexibility index (Phi) is 7.03. The number of hydrogen-bond donors (Lipinski definition) is 2. The molecule has 0 bridgehead atoms. The molecule has 0 unspecified atom stereocenters. The first-order valence-electron chi connectivity index (χ1n) is 11.7. The molecule has 188 valence electrons. The summed E-state index contributed by atoms with van der Waals surface area (Å²) in [6.45, 7) is 0. The van der Waals surface area contributed by atoms with E-state index in [2.05, 4.69) is 4.72 Å². The Balaban J connectivity index is 1.24.